The molecule has 1 heteroatoms. The number of benzene rings is 3. The van der Waals surface area contributed by atoms with Gasteiger partial charge < -0.3 is 0 Å². The average Bonchev–Trinajstić information content (AvgIpc) is 2.43. The second kappa shape index (κ2) is 12.7. The van der Waals surface area contributed by atoms with Crippen LogP contribution in [0, 0.1) is 80.5 Å². The molecule has 0 aliphatic heterocycles. The molecule has 3 rings (SSSR count). The van der Waals surface area contributed by atoms with E-state index in [-0.39, 0.29) is 18.6 Å². The maximum absolute atomic E-state index is 3.21. The molecule has 0 aliphatic rings. The summed E-state index contributed by atoms with van der Waals surface area (Å²) in [7, 11) is 0. The summed E-state index contributed by atoms with van der Waals surface area (Å²) < 4.78 is 0. The van der Waals surface area contributed by atoms with Crippen LogP contribution in [0.2, 0.25) is 0 Å². The predicted octanol–water partition coefficient (Wildman–Crippen LogP) is 7.23. The Balaban J connectivity index is 0.000000384. The smallest absolute Gasteiger partial charge is 0 e. The van der Waals surface area contributed by atoms with Crippen LogP contribution in [0.5, 0.6) is 0 Å². The van der Waals surface area contributed by atoms with Gasteiger partial charge in [0.05, 0.1) is 0 Å². The van der Waals surface area contributed by atoms with Crippen LogP contribution in [-0.2, 0) is 18.6 Å². The van der Waals surface area contributed by atoms with Gasteiger partial charge in [-0.1, -0.05) is 62.3 Å². The Hall–Kier alpha value is -1.76. The van der Waals surface area contributed by atoms with Gasteiger partial charge in [0.25, 0.3) is 0 Å². The van der Waals surface area contributed by atoms with Crippen molar-refractivity contribution in [2.75, 3.05) is 0 Å². The summed E-state index contributed by atoms with van der Waals surface area (Å²) in [6.45, 7) is 18.7. The quantitative estimate of drug-likeness (QED) is 0.344. The Morgan fingerprint density at radius 3 is 0.607 bits per heavy atom. The summed E-state index contributed by atoms with van der Waals surface area (Å²) in [5.74, 6) is 0. The van der Waals surface area contributed by atoms with Gasteiger partial charge in [0, 0.05) is 18.6 Å². The van der Waals surface area contributed by atoms with Crippen molar-refractivity contribution in [1.29, 1.82) is 0 Å². The number of hydrogen-bond acceptors (Lipinski definition) is 0. The Morgan fingerprint density at radius 1 is 0.357 bits per heavy atom. The Labute approximate surface area is 185 Å². The standard InChI is InChI=1S/3C9H11.V/c3*1-7-4-8(2)6-9(3)5-7;/h3*4-5H,1-3H3;/q3*-1;. The van der Waals surface area contributed by atoms with E-state index in [4.69, 9.17) is 0 Å². The van der Waals surface area contributed by atoms with Crippen LogP contribution in [-0.4, -0.2) is 0 Å². The second-order valence-electron chi connectivity index (χ2n) is 7.57. The van der Waals surface area contributed by atoms with Gasteiger partial charge in [0.2, 0.25) is 0 Å². The third kappa shape index (κ3) is 11.2. The summed E-state index contributed by atoms with van der Waals surface area (Å²) in [5, 5.41) is 0. The zero-order chi connectivity index (χ0) is 20.6. The van der Waals surface area contributed by atoms with Crippen LogP contribution in [0.1, 0.15) is 50.1 Å². The summed E-state index contributed by atoms with van der Waals surface area (Å²) in [4.78, 5) is 0. The first-order valence-corrected chi connectivity index (χ1v) is 9.46. The van der Waals surface area contributed by atoms with Gasteiger partial charge in [-0.25, -0.2) is 0 Å². The minimum Gasteiger partial charge on any atom is -0.177 e. The molecule has 0 amide bonds. The average molecular weight is 409 g/mol. The van der Waals surface area contributed by atoms with E-state index in [0.29, 0.717) is 0 Å². The fraction of sp³-hybridized carbons (Fsp3) is 0.333. The molecular weight excluding hydrogens is 375 g/mol. The van der Waals surface area contributed by atoms with Crippen LogP contribution in [0.15, 0.2) is 36.4 Å². The van der Waals surface area contributed by atoms with E-state index in [0.717, 1.165) is 0 Å². The zero-order valence-corrected chi connectivity index (χ0v) is 20.3. The topological polar surface area (TPSA) is 0 Å². The fourth-order valence-electron chi connectivity index (χ4n) is 3.32. The van der Waals surface area contributed by atoms with Crippen molar-refractivity contribution in [2.24, 2.45) is 0 Å². The Morgan fingerprint density at radius 2 is 0.500 bits per heavy atom. The minimum atomic E-state index is 0. The third-order valence-corrected chi connectivity index (χ3v) is 3.85. The van der Waals surface area contributed by atoms with Gasteiger partial charge in [0.15, 0.2) is 0 Å². The first-order chi connectivity index (χ1) is 12.5. The molecule has 0 nitrogen and oxygen atoms in total. The molecule has 0 aliphatic carbocycles. The van der Waals surface area contributed by atoms with E-state index < -0.39 is 0 Å². The van der Waals surface area contributed by atoms with Gasteiger partial charge in [-0.15, -0.1) is 0 Å². The largest absolute Gasteiger partial charge is 0.177 e. The predicted molar refractivity (Wildman–Crippen MR) is 118 cm³/mol. The van der Waals surface area contributed by atoms with Crippen LogP contribution < -0.4 is 0 Å². The molecule has 0 atom stereocenters. The van der Waals surface area contributed by atoms with E-state index in [9.17, 15) is 0 Å². The Kier molecular flexibility index (Phi) is 11.9. The maximum Gasteiger partial charge on any atom is 0 e. The molecule has 0 saturated carbocycles. The summed E-state index contributed by atoms with van der Waals surface area (Å²) in [5.41, 5.74) is 11.3. The molecule has 0 fully saturated rings. The van der Waals surface area contributed by atoms with Crippen molar-refractivity contribution < 1.29 is 18.6 Å². The molecule has 0 aromatic heterocycles. The van der Waals surface area contributed by atoms with Gasteiger partial charge in [-0.3, -0.25) is 0 Å². The van der Waals surface area contributed by atoms with Crippen molar-refractivity contribution in [3.05, 3.63) is 105 Å². The van der Waals surface area contributed by atoms with Crippen molar-refractivity contribution in [2.45, 2.75) is 62.3 Å². The SMILES string of the molecule is Cc1[c-]c(C)cc(C)c1.Cc1[c-]c(C)cc(C)c1.Cc1[c-]c(C)cc(C)c1.[V]. The Bertz CT molecular complexity index is 606. The molecule has 0 unspecified atom stereocenters. The monoisotopic (exact) mass is 408 g/mol. The maximum atomic E-state index is 3.21. The molecule has 0 N–H and O–H groups in total. The van der Waals surface area contributed by atoms with Crippen molar-refractivity contribution in [3.63, 3.8) is 0 Å². The number of hydrogen-bond donors (Lipinski definition) is 0. The van der Waals surface area contributed by atoms with Gasteiger partial charge >= 0.3 is 0 Å². The molecule has 149 valence electrons. The summed E-state index contributed by atoms with van der Waals surface area (Å²) >= 11 is 0. The van der Waals surface area contributed by atoms with E-state index >= 15 is 0 Å². The molecule has 0 heterocycles. The van der Waals surface area contributed by atoms with Crippen LogP contribution >= 0.6 is 0 Å². The summed E-state index contributed by atoms with van der Waals surface area (Å²) in [6, 6.07) is 22.4. The van der Waals surface area contributed by atoms with Gasteiger partial charge in [-0.2, -0.15) is 105 Å². The minimum absolute atomic E-state index is 0. The van der Waals surface area contributed by atoms with Crippen molar-refractivity contribution in [1.82, 2.24) is 0 Å². The van der Waals surface area contributed by atoms with E-state index in [1.165, 1.54) is 50.1 Å². The van der Waals surface area contributed by atoms with Crippen LogP contribution in [0.3, 0.4) is 0 Å². The zero-order valence-electron chi connectivity index (χ0n) is 18.9. The molecule has 3 aromatic carbocycles. The summed E-state index contributed by atoms with van der Waals surface area (Å²) in [6.07, 6.45) is 0. The van der Waals surface area contributed by atoms with E-state index in [1.54, 1.807) is 0 Å². The van der Waals surface area contributed by atoms with Crippen LogP contribution in [0.4, 0.5) is 0 Å². The third-order valence-electron chi connectivity index (χ3n) is 3.85. The number of rotatable bonds is 0. The van der Waals surface area contributed by atoms with Crippen molar-refractivity contribution >= 4 is 0 Å². The van der Waals surface area contributed by atoms with Crippen LogP contribution in [0.25, 0.3) is 0 Å². The number of aryl methyl sites for hydroxylation is 9. The first kappa shape index (κ1) is 26.2. The molecule has 28 heavy (non-hydrogen) atoms. The first-order valence-electron chi connectivity index (χ1n) is 9.46. The molecule has 1 radical (unpaired) electrons. The second-order valence-corrected chi connectivity index (χ2v) is 7.57. The molecule has 3 aromatic rings. The van der Waals surface area contributed by atoms with Gasteiger partial charge in [-0.05, 0) is 0 Å². The van der Waals surface area contributed by atoms with E-state index in [1.807, 2.05) is 0 Å². The fourth-order valence-corrected chi connectivity index (χ4v) is 3.32. The molecule has 0 spiro atoms. The van der Waals surface area contributed by atoms with E-state index in [2.05, 4.69) is 117 Å². The van der Waals surface area contributed by atoms with Crippen molar-refractivity contribution in [3.8, 4) is 0 Å². The normalized spacial score (nSPS) is 9.32. The molecular formula is C27H33V-3. The van der Waals surface area contributed by atoms with Gasteiger partial charge in [0.1, 0.15) is 0 Å². The molecule has 0 saturated heterocycles. The molecule has 0 bridgehead atoms.